The lowest BCUT2D eigenvalue weighted by molar-refractivity contribution is -0.265. The molecule has 1 amide bonds. The first-order valence-corrected chi connectivity index (χ1v) is 11.8. The zero-order chi connectivity index (χ0) is 27.8. The van der Waals surface area contributed by atoms with Crippen LogP contribution in [0, 0.1) is 26.6 Å². The number of nitrogens with one attached hydrogen (secondary N) is 1. The number of alkyl halides is 3. The van der Waals surface area contributed by atoms with Crippen molar-refractivity contribution in [1.82, 2.24) is 19.7 Å². The number of halogens is 4. The molecule has 38 heavy (non-hydrogen) atoms. The average molecular weight is 531 g/mol. The van der Waals surface area contributed by atoms with E-state index in [-0.39, 0.29) is 29.3 Å². The molecule has 0 fully saturated rings. The van der Waals surface area contributed by atoms with Crippen LogP contribution < -0.4 is 10.1 Å². The molecule has 200 valence electrons. The monoisotopic (exact) mass is 530 g/mol. The number of fused-ring (bicyclic) bond motifs is 1. The number of ether oxygens (including phenoxy) is 1. The number of rotatable bonds is 7. The third-order valence-electron chi connectivity index (χ3n) is 6.13. The van der Waals surface area contributed by atoms with Gasteiger partial charge < -0.3 is 15.2 Å². The zero-order valence-corrected chi connectivity index (χ0v) is 21.2. The molecule has 4 rings (SSSR count). The number of carbonyl (C=O) groups excluding carboxylic acids is 1. The predicted octanol–water partition coefficient (Wildman–Crippen LogP) is 5.04. The number of hydrogen-bond acceptors (Lipinski definition) is 5. The van der Waals surface area contributed by atoms with Gasteiger partial charge in [0, 0.05) is 11.8 Å². The quantitative estimate of drug-likeness (QED) is 0.327. The van der Waals surface area contributed by atoms with E-state index in [0.29, 0.717) is 16.9 Å². The number of aryl methyl sites for hydroxylation is 3. The molecule has 4 aromatic rings. The van der Waals surface area contributed by atoms with Crippen LogP contribution in [-0.2, 0) is 5.60 Å². The second-order valence-corrected chi connectivity index (χ2v) is 8.96. The second-order valence-electron chi connectivity index (χ2n) is 8.96. The van der Waals surface area contributed by atoms with E-state index in [1.807, 2.05) is 6.92 Å². The Kier molecular flexibility index (Phi) is 7.16. The van der Waals surface area contributed by atoms with Crippen LogP contribution in [0.25, 0.3) is 16.9 Å². The van der Waals surface area contributed by atoms with Gasteiger partial charge in [-0.25, -0.2) is 14.4 Å². The largest absolute Gasteiger partial charge is 0.491 e. The van der Waals surface area contributed by atoms with Crippen molar-refractivity contribution >= 4 is 11.6 Å². The summed E-state index contributed by atoms with van der Waals surface area (Å²) < 4.78 is 63.8. The van der Waals surface area contributed by atoms with E-state index in [0.717, 1.165) is 23.8 Å². The van der Waals surface area contributed by atoms with Crippen molar-refractivity contribution in [2.24, 2.45) is 0 Å². The number of hydrogen-bond donors (Lipinski definition) is 2. The van der Waals surface area contributed by atoms with E-state index in [2.05, 4.69) is 15.3 Å². The molecule has 0 unspecified atom stereocenters. The molecule has 0 spiro atoms. The Morgan fingerprint density at radius 3 is 2.39 bits per heavy atom. The van der Waals surface area contributed by atoms with Crippen molar-refractivity contribution in [3.8, 4) is 17.0 Å². The summed E-state index contributed by atoms with van der Waals surface area (Å²) in [6.07, 6.45) is -3.61. The topological polar surface area (TPSA) is 88.8 Å². The highest BCUT2D eigenvalue weighted by atomic mass is 19.4. The van der Waals surface area contributed by atoms with E-state index in [1.165, 1.54) is 23.5 Å². The maximum atomic E-state index is 14.4. The first kappa shape index (κ1) is 27.1. The highest BCUT2D eigenvalue weighted by Crippen LogP contribution is 2.41. The Labute approximate surface area is 216 Å². The summed E-state index contributed by atoms with van der Waals surface area (Å²) in [5.74, 6) is -1.18. The fourth-order valence-corrected chi connectivity index (χ4v) is 4.17. The van der Waals surface area contributed by atoms with Gasteiger partial charge in [-0.1, -0.05) is 0 Å². The Balaban J connectivity index is 1.75. The Morgan fingerprint density at radius 2 is 1.76 bits per heavy atom. The molecule has 3 aromatic heterocycles. The third-order valence-corrected chi connectivity index (χ3v) is 6.13. The van der Waals surface area contributed by atoms with Gasteiger partial charge in [0.05, 0.1) is 24.5 Å². The second kappa shape index (κ2) is 10.1. The van der Waals surface area contributed by atoms with E-state index < -0.39 is 35.7 Å². The van der Waals surface area contributed by atoms with Gasteiger partial charge in [0.2, 0.25) is 5.60 Å². The van der Waals surface area contributed by atoms with E-state index in [9.17, 15) is 27.5 Å². The smallest absolute Gasteiger partial charge is 0.424 e. The van der Waals surface area contributed by atoms with Crippen molar-refractivity contribution in [3.05, 3.63) is 82.7 Å². The molecule has 0 radical (unpaired) electrons. The highest BCUT2D eigenvalue weighted by molar-refractivity contribution is 5.94. The van der Waals surface area contributed by atoms with Crippen molar-refractivity contribution in [2.75, 3.05) is 13.2 Å². The summed E-state index contributed by atoms with van der Waals surface area (Å²) in [6, 6.07) is 9.54. The van der Waals surface area contributed by atoms with Crippen molar-refractivity contribution in [1.29, 1.82) is 0 Å². The Hall–Kier alpha value is -3.99. The minimum atomic E-state index is -5.21. The molecule has 2 N–H and O–H groups in total. The summed E-state index contributed by atoms with van der Waals surface area (Å²) in [6.45, 7) is 5.62. The van der Waals surface area contributed by atoms with Crippen LogP contribution in [0.2, 0.25) is 0 Å². The van der Waals surface area contributed by atoms with Gasteiger partial charge in [0.25, 0.3) is 5.91 Å². The minimum absolute atomic E-state index is 0.00356. The molecule has 3 heterocycles. The van der Waals surface area contributed by atoms with Gasteiger partial charge in [0.1, 0.15) is 28.6 Å². The number of benzene rings is 1. The first-order valence-electron chi connectivity index (χ1n) is 11.8. The molecule has 0 aliphatic carbocycles. The molecular weight excluding hydrogens is 504 g/mol. The molecule has 0 saturated carbocycles. The normalized spacial score (nSPS) is 13.4. The highest BCUT2D eigenvalue weighted by Gasteiger charge is 2.56. The van der Waals surface area contributed by atoms with Crippen LogP contribution >= 0.6 is 0 Å². The molecule has 11 heteroatoms. The molecule has 0 saturated heterocycles. The van der Waals surface area contributed by atoms with Crippen molar-refractivity contribution in [2.45, 2.75) is 39.5 Å². The fraction of sp³-hybridized carbons (Fsp3) is 0.296. The average Bonchev–Trinajstić information content (AvgIpc) is 3.18. The lowest BCUT2D eigenvalue weighted by Crippen LogP contribution is -2.51. The summed E-state index contributed by atoms with van der Waals surface area (Å²) in [4.78, 5) is 21.5. The summed E-state index contributed by atoms with van der Waals surface area (Å²) >= 11 is 0. The molecule has 1 atom stereocenters. The number of nitrogens with zero attached hydrogens (tertiary/aromatic N) is 3. The van der Waals surface area contributed by atoms with E-state index >= 15 is 0 Å². The molecule has 7 nitrogen and oxygen atoms in total. The van der Waals surface area contributed by atoms with Crippen molar-refractivity contribution in [3.63, 3.8) is 0 Å². The molecule has 0 aliphatic rings. The van der Waals surface area contributed by atoms with Crippen LogP contribution in [0.1, 0.15) is 39.9 Å². The Bertz CT molecular complexity index is 1500. The molecule has 0 bridgehead atoms. The van der Waals surface area contributed by atoms with Gasteiger partial charge in [-0.15, -0.1) is 0 Å². The summed E-state index contributed by atoms with van der Waals surface area (Å²) in [5.41, 5.74) is -1.98. The van der Waals surface area contributed by atoms with E-state index in [4.69, 9.17) is 4.74 Å². The number of imidazole rings is 1. The number of carbonyl (C=O) groups is 1. The van der Waals surface area contributed by atoms with Gasteiger partial charge in [-0.2, -0.15) is 13.2 Å². The van der Waals surface area contributed by atoms with Gasteiger partial charge in [-0.05, 0) is 81.3 Å². The Morgan fingerprint density at radius 1 is 1.08 bits per heavy atom. The third kappa shape index (κ3) is 4.93. The minimum Gasteiger partial charge on any atom is -0.491 e. The summed E-state index contributed by atoms with van der Waals surface area (Å²) in [5, 5.41) is 13.2. The summed E-state index contributed by atoms with van der Waals surface area (Å²) in [7, 11) is 0. The van der Waals surface area contributed by atoms with E-state index in [1.54, 1.807) is 32.2 Å². The lowest BCUT2D eigenvalue weighted by Gasteiger charge is -2.31. The number of pyridine rings is 2. The standard InChI is InChI=1S/C27H26F4N4O3/c1-5-38-24-16(3)13-20(34-22(24)18-6-8-19(28)9-7-18)26(37,27(29,30)31)14-32-25(36)23-17(4)33-21-12-15(2)10-11-35(21)23/h6-13,37H,5,14H2,1-4H3,(H,32,36)/t26-/m0/s1. The molecular formula is C27H26F4N4O3. The SMILES string of the molecule is CCOc1c(C)cc([C@@](O)(CNC(=O)c2c(C)nc3cc(C)ccn23)C(F)(F)F)nc1-c1ccc(F)cc1. The van der Waals surface area contributed by atoms with Crippen LogP contribution in [0.3, 0.4) is 0 Å². The van der Waals surface area contributed by atoms with Gasteiger partial charge >= 0.3 is 6.18 Å². The van der Waals surface area contributed by atoms with Crippen LogP contribution in [-0.4, -0.2) is 44.7 Å². The molecule has 1 aromatic carbocycles. The zero-order valence-electron chi connectivity index (χ0n) is 21.2. The van der Waals surface area contributed by atoms with Gasteiger partial charge in [-0.3, -0.25) is 9.20 Å². The maximum Gasteiger partial charge on any atom is 0.424 e. The predicted molar refractivity (Wildman–Crippen MR) is 132 cm³/mol. The lowest BCUT2D eigenvalue weighted by atomic mass is 9.95. The van der Waals surface area contributed by atoms with Crippen molar-refractivity contribution < 1.29 is 32.2 Å². The number of aliphatic hydroxyl groups is 1. The fourth-order valence-electron chi connectivity index (χ4n) is 4.17. The van der Waals surface area contributed by atoms with Crippen LogP contribution in [0.4, 0.5) is 17.6 Å². The molecule has 0 aliphatic heterocycles. The number of aromatic nitrogens is 3. The first-order chi connectivity index (χ1) is 17.9. The number of amides is 1. The van der Waals surface area contributed by atoms with Gasteiger partial charge in [0.15, 0.2) is 0 Å². The van der Waals surface area contributed by atoms with Crippen LogP contribution in [0.5, 0.6) is 5.75 Å². The maximum absolute atomic E-state index is 14.4. The van der Waals surface area contributed by atoms with Crippen LogP contribution in [0.15, 0.2) is 48.7 Å².